The van der Waals surface area contributed by atoms with Gasteiger partial charge >= 0.3 is 6.03 Å². The summed E-state index contributed by atoms with van der Waals surface area (Å²) >= 11 is 3.45. The Morgan fingerprint density at radius 3 is 2.75 bits per heavy atom. The molecule has 0 fully saturated rings. The van der Waals surface area contributed by atoms with E-state index >= 15 is 0 Å². The van der Waals surface area contributed by atoms with Crippen LogP contribution in [-0.2, 0) is 11.3 Å². The molecule has 3 amide bonds. The molecule has 0 radical (unpaired) electrons. The Morgan fingerprint density at radius 1 is 1.45 bits per heavy atom. The number of urea groups is 1. The van der Waals surface area contributed by atoms with E-state index in [-0.39, 0.29) is 0 Å². The van der Waals surface area contributed by atoms with Crippen molar-refractivity contribution < 1.29 is 14.3 Å². The summed E-state index contributed by atoms with van der Waals surface area (Å²) in [6.45, 7) is 5.11. The average Bonchev–Trinajstić information content (AvgIpc) is 2.38. The number of primary amides is 1. The molecule has 0 saturated heterocycles. The maximum absolute atomic E-state index is 11.5. The maximum Gasteiger partial charge on any atom is 0.318 e. The third kappa shape index (κ3) is 5.18. The van der Waals surface area contributed by atoms with Gasteiger partial charge in [0, 0.05) is 11.0 Å². The molecule has 1 atom stereocenters. The Kier molecular flexibility index (Phi) is 6.47. The molecule has 0 saturated carbocycles. The molecule has 0 aliphatic heterocycles. The van der Waals surface area contributed by atoms with Gasteiger partial charge in [-0.15, -0.1) is 0 Å². The molecule has 0 aliphatic carbocycles. The zero-order valence-electron chi connectivity index (χ0n) is 11.4. The molecule has 4 N–H and O–H groups in total. The molecule has 1 aromatic rings. The highest BCUT2D eigenvalue weighted by atomic mass is 79.9. The zero-order valence-corrected chi connectivity index (χ0v) is 13.0. The van der Waals surface area contributed by atoms with Crippen LogP contribution in [0, 0.1) is 0 Å². The topological polar surface area (TPSA) is 93.4 Å². The molecule has 20 heavy (non-hydrogen) atoms. The van der Waals surface area contributed by atoms with Gasteiger partial charge in [-0.25, -0.2) is 4.79 Å². The standard InChI is InChI=1S/C13H18BrN3O3/c1-3-16-7-9-6-10(4-5-11(9)14)20-8(2)12(18)17-13(15)19/h4-6,8,16H,3,7H2,1-2H3,(H3,15,17,18,19). The van der Waals surface area contributed by atoms with Crippen molar-refractivity contribution in [3.05, 3.63) is 28.2 Å². The molecule has 0 aliphatic rings. The summed E-state index contributed by atoms with van der Waals surface area (Å²) in [5.74, 6) is -0.0260. The minimum atomic E-state index is -0.894. The number of benzene rings is 1. The molecule has 7 heteroatoms. The van der Waals surface area contributed by atoms with E-state index in [2.05, 4.69) is 21.2 Å². The first-order valence-electron chi connectivity index (χ1n) is 6.20. The zero-order chi connectivity index (χ0) is 15.1. The van der Waals surface area contributed by atoms with Gasteiger partial charge in [0.05, 0.1) is 0 Å². The predicted molar refractivity (Wildman–Crippen MR) is 79.3 cm³/mol. The summed E-state index contributed by atoms with van der Waals surface area (Å²) in [6.07, 6.45) is -0.810. The molecule has 110 valence electrons. The minimum absolute atomic E-state index is 0.549. The highest BCUT2D eigenvalue weighted by Gasteiger charge is 2.16. The lowest BCUT2D eigenvalue weighted by Crippen LogP contribution is -2.42. The number of rotatable bonds is 6. The van der Waals surface area contributed by atoms with Crippen molar-refractivity contribution in [1.29, 1.82) is 0 Å². The number of imide groups is 1. The number of nitrogens with two attached hydrogens (primary N) is 1. The van der Waals surface area contributed by atoms with E-state index in [0.717, 1.165) is 16.6 Å². The second-order valence-electron chi connectivity index (χ2n) is 4.15. The molecule has 1 rings (SSSR count). The van der Waals surface area contributed by atoms with Crippen molar-refractivity contribution in [2.45, 2.75) is 26.5 Å². The van der Waals surface area contributed by atoms with Crippen LogP contribution in [0.3, 0.4) is 0 Å². The summed E-state index contributed by atoms with van der Waals surface area (Å²) in [5, 5.41) is 5.19. The van der Waals surface area contributed by atoms with E-state index in [1.54, 1.807) is 13.0 Å². The van der Waals surface area contributed by atoms with E-state index in [1.165, 1.54) is 0 Å². The average molecular weight is 344 g/mol. The molecular weight excluding hydrogens is 326 g/mol. The molecule has 6 nitrogen and oxygen atoms in total. The normalized spacial score (nSPS) is 11.8. The Labute approximate surface area is 126 Å². The number of halogens is 1. The Hall–Kier alpha value is -1.60. The molecule has 0 aromatic heterocycles. The Balaban J connectivity index is 2.72. The number of hydrogen-bond acceptors (Lipinski definition) is 4. The lowest BCUT2D eigenvalue weighted by Gasteiger charge is -2.15. The first-order valence-corrected chi connectivity index (χ1v) is 6.99. The van der Waals surface area contributed by atoms with Crippen molar-refractivity contribution in [3.8, 4) is 5.75 Å². The Bertz CT molecular complexity index is 494. The lowest BCUT2D eigenvalue weighted by atomic mass is 10.2. The SMILES string of the molecule is CCNCc1cc(OC(C)C(=O)NC(N)=O)ccc1Br. The minimum Gasteiger partial charge on any atom is -0.481 e. The van der Waals surface area contributed by atoms with Crippen molar-refractivity contribution in [2.75, 3.05) is 6.54 Å². The first kappa shape index (κ1) is 16.5. The van der Waals surface area contributed by atoms with Gasteiger partial charge in [-0.3, -0.25) is 10.1 Å². The molecule has 0 bridgehead atoms. The Morgan fingerprint density at radius 2 is 2.15 bits per heavy atom. The summed E-state index contributed by atoms with van der Waals surface area (Å²) in [4.78, 5) is 22.1. The molecule has 0 spiro atoms. The number of ether oxygens (including phenoxy) is 1. The van der Waals surface area contributed by atoms with Crippen LogP contribution < -0.4 is 21.1 Å². The van der Waals surface area contributed by atoms with Crippen LogP contribution in [0.25, 0.3) is 0 Å². The van der Waals surface area contributed by atoms with Crippen LogP contribution in [0.1, 0.15) is 19.4 Å². The molecule has 0 heterocycles. The van der Waals surface area contributed by atoms with Crippen molar-refractivity contribution >= 4 is 27.9 Å². The quantitative estimate of drug-likeness (QED) is 0.729. The maximum atomic E-state index is 11.5. The predicted octanol–water partition coefficient (Wildman–Crippen LogP) is 1.52. The highest BCUT2D eigenvalue weighted by Crippen LogP contribution is 2.23. The third-order valence-corrected chi connectivity index (χ3v) is 3.28. The highest BCUT2D eigenvalue weighted by molar-refractivity contribution is 9.10. The number of hydrogen-bond donors (Lipinski definition) is 3. The van der Waals surface area contributed by atoms with Gasteiger partial charge in [0.2, 0.25) is 0 Å². The molecule has 1 aromatic carbocycles. The van der Waals surface area contributed by atoms with Crippen LogP contribution in [0.2, 0.25) is 0 Å². The van der Waals surface area contributed by atoms with Crippen LogP contribution in [0.5, 0.6) is 5.75 Å². The van der Waals surface area contributed by atoms with E-state index < -0.39 is 18.0 Å². The van der Waals surface area contributed by atoms with Gasteiger partial charge in [0.1, 0.15) is 5.75 Å². The first-order chi connectivity index (χ1) is 9.43. The van der Waals surface area contributed by atoms with Crippen molar-refractivity contribution in [1.82, 2.24) is 10.6 Å². The van der Waals surface area contributed by atoms with E-state index in [4.69, 9.17) is 10.5 Å². The summed E-state index contributed by atoms with van der Waals surface area (Å²) in [6, 6.07) is 4.53. The smallest absolute Gasteiger partial charge is 0.318 e. The van der Waals surface area contributed by atoms with Crippen LogP contribution >= 0.6 is 15.9 Å². The number of amides is 3. The largest absolute Gasteiger partial charge is 0.481 e. The monoisotopic (exact) mass is 343 g/mol. The summed E-state index contributed by atoms with van der Waals surface area (Å²) < 4.78 is 6.44. The second kappa shape index (κ2) is 7.86. The van der Waals surface area contributed by atoms with Gasteiger partial charge in [-0.05, 0) is 37.2 Å². The third-order valence-electron chi connectivity index (χ3n) is 2.51. The van der Waals surface area contributed by atoms with E-state index in [1.807, 2.05) is 24.4 Å². The van der Waals surface area contributed by atoms with Gasteiger partial charge < -0.3 is 15.8 Å². The van der Waals surface area contributed by atoms with Gasteiger partial charge in [-0.1, -0.05) is 22.9 Å². The fraction of sp³-hybridized carbons (Fsp3) is 0.385. The van der Waals surface area contributed by atoms with Crippen LogP contribution in [-0.4, -0.2) is 24.6 Å². The molecular formula is C13H18BrN3O3. The summed E-state index contributed by atoms with van der Waals surface area (Å²) in [5.41, 5.74) is 5.90. The fourth-order valence-electron chi connectivity index (χ4n) is 1.50. The number of carbonyl (C=O) groups excluding carboxylic acids is 2. The van der Waals surface area contributed by atoms with Gasteiger partial charge in [-0.2, -0.15) is 0 Å². The van der Waals surface area contributed by atoms with E-state index in [9.17, 15) is 9.59 Å². The molecule has 1 unspecified atom stereocenters. The van der Waals surface area contributed by atoms with Crippen molar-refractivity contribution in [3.63, 3.8) is 0 Å². The number of nitrogens with one attached hydrogen (secondary N) is 2. The van der Waals surface area contributed by atoms with Crippen LogP contribution in [0.15, 0.2) is 22.7 Å². The lowest BCUT2D eigenvalue weighted by molar-refractivity contribution is -0.126. The van der Waals surface area contributed by atoms with Gasteiger partial charge in [0.25, 0.3) is 5.91 Å². The summed E-state index contributed by atoms with van der Waals surface area (Å²) in [7, 11) is 0. The number of carbonyl (C=O) groups is 2. The second-order valence-corrected chi connectivity index (χ2v) is 5.00. The van der Waals surface area contributed by atoms with Gasteiger partial charge in [0.15, 0.2) is 6.10 Å². The van der Waals surface area contributed by atoms with E-state index in [0.29, 0.717) is 12.3 Å². The van der Waals surface area contributed by atoms with Crippen molar-refractivity contribution in [2.24, 2.45) is 5.73 Å². The van der Waals surface area contributed by atoms with Crippen LogP contribution in [0.4, 0.5) is 4.79 Å². The fourth-order valence-corrected chi connectivity index (χ4v) is 1.89.